The van der Waals surface area contributed by atoms with Gasteiger partial charge < -0.3 is 0 Å². The molecule has 0 rings (SSSR count). The van der Waals surface area contributed by atoms with Crippen LogP contribution in [-0.4, -0.2) is 15.5 Å². The van der Waals surface area contributed by atoms with Crippen LogP contribution in [0.5, 0.6) is 0 Å². The molecule has 0 fully saturated rings. The molecule has 3 heteroatoms. The van der Waals surface area contributed by atoms with E-state index >= 15 is 0 Å². The molecule has 0 N–H and O–H groups in total. The summed E-state index contributed by atoms with van der Waals surface area (Å²) in [5.74, 6) is 0. The van der Waals surface area contributed by atoms with Crippen LogP contribution in [0.3, 0.4) is 0 Å². The minimum absolute atomic E-state index is 1.05. The SMILES string of the molecule is CCCC[Si](CCCC)(CCCC)P[Si](CCCC)(CCCC)CCCC. The molecular formula is C24H55PSi2. The van der Waals surface area contributed by atoms with Crippen LogP contribution in [0.2, 0.25) is 36.3 Å². The highest BCUT2D eigenvalue weighted by molar-refractivity contribution is 8.07. The first-order valence-corrected chi connectivity index (χ1v) is 21.1. The molecule has 164 valence electrons. The Morgan fingerprint density at radius 1 is 0.370 bits per heavy atom. The molecule has 0 aliphatic rings. The monoisotopic (exact) mass is 430 g/mol. The van der Waals surface area contributed by atoms with E-state index in [2.05, 4.69) is 41.5 Å². The average Bonchev–Trinajstić information content (AvgIpc) is 2.70. The van der Waals surface area contributed by atoms with E-state index in [0.29, 0.717) is 0 Å². The maximum absolute atomic E-state index is 2.43. The third kappa shape index (κ3) is 12.2. The predicted molar refractivity (Wildman–Crippen MR) is 138 cm³/mol. The number of rotatable bonds is 20. The van der Waals surface area contributed by atoms with Crippen molar-refractivity contribution in [2.45, 2.75) is 155 Å². The standard InChI is InChI=1S/C24H55PSi2/c1-7-13-19-26(20-14-8-2,21-15-9-3)25-27(22-16-10-4,23-17-11-5)24-18-12-6/h25H,7-24H2,1-6H3. The lowest BCUT2D eigenvalue weighted by molar-refractivity contribution is 0.802. The van der Waals surface area contributed by atoms with E-state index in [-0.39, 0.29) is 0 Å². The van der Waals surface area contributed by atoms with E-state index in [1.54, 1.807) is 36.3 Å². The molecule has 0 aromatic heterocycles. The van der Waals surface area contributed by atoms with Crippen molar-refractivity contribution >= 4 is 23.2 Å². The highest BCUT2D eigenvalue weighted by atomic mass is 31.6. The van der Waals surface area contributed by atoms with Gasteiger partial charge in [0.15, 0.2) is 0 Å². The molecule has 0 nitrogen and oxygen atoms in total. The van der Waals surface area contributed by atoms with Crippen LogP contribution >= 0.6 is 7.68 Å². The minimum atomic E-state index is -1.05. The molecule has 0 saturated carbocycles. The van der Waals surface area contributed by atoms with E-state index in [4.69, 9.17) is 0 Å². The Morgan fingerprint density at radius 3 is 0.704 bits per heavy atom. The summed E-state index contributed by atoms with van der Waals surface area (Å²) in [6.45, 7) is 14.6. The summed E-state index contributed by atoms with van der Waals surface area (Å²) in [5.41, 5.74) is 0. The molecule has 0 heterocycles. The molecule has 0 aliphatic heterocycles. The van der Waals surface area contributed by atoms with Crippen molar-refractivity contribution in [3.63, 3.8) is 0 Å². The van der Waals surface area contributed by atoms with E-state index < -0.39 is 15.5 Å². The van der Waals surface area contributed by atoms with Crippen molar-refractivity contribution in [2.75, 3.05) is 0 Å². The summed E-state index contributed by atoms with van der Waals surface area (Å²) in [6, 6.07) is 10.1. The van der Waals surface area contributed by atoms with Gasteiger partial charge in [0.1, 0.15) is 0 Å². The van der Waals surface area contributed by atoms with E-state index in [1.807, 2.05) is 0 Å². The van der Waals surface area contributed by atoms with Crippen molar-refractivity contribution in [3.05, 3.63) is 0 Å². The summed E-state index contributed by atoms with van der Waals surface area (Å²) < 4.78 is 0. The van der Waals surface area contributed by atoms with Gasteiger partial charge in [-0.3, -0.25) is 0 Å². The smallest absolute Gasteiger partial charge is 0.0739 e. The van der Waals surface area contributed by atoms with Crippen molar-refractivity contribution in [1.82, 2.24) is 0 Å². The van der Waals surface area contributed by atoms with Crippen LogP contribution in [-0.2, 0) is 0 Å². The Bertz CT molecular complexity index is 246. The largest absolute Gasteiger partial charge is 0.143 e. The minimum Gasteiger partial charge on any atom is -0.143 e. The van der Waals surface area contributed by atoms with Crippen LogP contribution in [0, 0.1) is 0 Å². The van der Waals surface area contributed by atoms with E-state index in [0.717, 1.165) is 0 Å². The summed E-state index contributed by atoms with van der Waals surface area (Å²) in [5, 5.41) is 0. The van der Waals surface area contributed by atoms with E-state index in [9.17, 15) is 0 Å². The summed E-state index contributed by atoms with van der Waals surface area (Å²) >= 11 is 0. The van der Waals surface area contributed by atoms with Crippen molar-refractivity contribution < 1.29 is 0 Å². The van der Waals surface area contributed by atoms with Gasteiger partial charge in [-0.2, -0.15) is 0 Å². The maximum Gasteiger partial charge on any atom is 0.0739 e. The van der Waals surface area contributed by atoms with Gasteiger partial charge in [0.05, 0.1) is 15.5 Å². The average molecular weight is 431 g/mol. The third-order valence-corrected chi connectivity index (χ3v) is 32.7. The zero-order valence-electron chi connectivity index (χ0n) is 20.2. The van der Waals surface area contributed by atoms with Gasteiger partial charge in [-0.15, -0.1) is 7.68 Å². The van der Waals surface area contributed by atoms with Crippen LogP contribution in [0.4, 0.5) is 0 Å². The zero-order chi connectivity index (χ0) is 20.4. The number of hydrogen-bond acceptors (Lipinski definition) is 0. The first kappa shape index (κ1) is 27.9. The van der Waals surface area contributed by atoms with Crippen LogP contribution in [0.25, 0.3) is 0 Å². The van der Waals surface area contributed by atoms with Gasteiger partial charge in [-0.1, -0.05) is 155 Å². The molecule has 0 spiro atoms. The van der Waals surface area contributed by atoms with Crippen molar-refractivity contribution in [2.24, 2.45) is 0 Å². The molecule has 0 saturated heterocycles. The molecule has 27 heavy (non-hydrogen) atoms. The predicted octanol–water partition coefficient (Wildman–Crippen LogP) is 10.4. The fourth-order valence-electron chi connectivity index (χ4n) is 4.78. The van der Waals surface area contributed by atoms with Gasteiger partial charge in [0.25, 0.3) is 0 Å². The lowest BCUT2D eigenvalue weighted by atomic mass is 10.4. The Kier molecular flexibility index (Phi) is 18.3. The fourth-order valence-corrected chi connectivity index (χ4v) is 40.0. The molecular weight excluding hydrogens is 375 g/mol. The van der Waals surface area contributed by atoms with Gasteiger partial charge in [-0.25, -0.2) is 0 Å². The molecule has 0 radical (unpaired) electrons. The Labute approximate surface area is 178 Å². The molecule has 0 bridgehead atoms. The van der Waals surface area contributed by atoms with Gasteiger partial charge in [-0.05, 0) is 0 Å². The fraction of sp³-hybridized carbons (Fsp3) is 1.00. The first-order valence-electron chi connectivity index (χ1n) is 12.9. The number of hydrogen-bond donors (Lipinski definition) is 0. The third-order valence-electron chi connectivity index (χ3n) is 6.58. The molecule has 0 amide bonds. The summed E-state index contributed by atoms with van der Waals surface area (Å²) in [7, 11) is -0.617. The zero-order valence-corrected chi connectivity index (χ0v) is 23.2. The Balaban J connectivity index is 5.66. The molecule has 0 atom stereocenters. The maximum atomic E-state index is 2.43. The van der Waals surface area contributed by atoms with Crippen LogP contribution < -0.4 is 0 Å². The molecule has 0 aromatic carbocycles. The van der Waals surface area contributed by atoms with Gasteiger partial charge in [0.2, 0.25) is 0 Å². The second kappa shape index (κ2) is 17.7. The van der Waals surface area contributed by atoms with Crippen molar-refractivity contribution in [3.8, 4) is 0 Å². The molecule has 0 aromatic rings. The van der Waals surface area contributed by atoms with E-state index in [1.165, 1.54) is 84.7 Å². The lowest BCUT2D eigenvalue weighted by Gasteiger charge is -2.43. The number of unbranched alkanes of at least 4 members (excludes halogenated alkanes) is 6. The molecule has 0 unspecified atom stereocenters. The summed E-state index contributed by atoms with van der Waals surface area (Å²) in [4.78, 5) is 0. The van der Waals surface area contributed by atoms with Crippen LogP contribution in [0.15, 0.2) is 0 Å². The Morgan fingerprint density at radius 2 is 0.556 bits per heavy atom. The van der Waals surface area contributed by atoms with Crippen LogP contribution in [0.1, 0.15) is 119 Å². The van der Waals surface area contributed by atoms with Gasteiger partial charge >= 0.3 is 0 Å². The topological polar surface area (TPSA) is 0 Å². The van der Waals surface area contributed by atoms with Crippen molar-refractivity contribution in [1.29, 1.82) is 0 Å². The van der Waals surface area contributed by atoms with Gasteiger partial charge in [0, 0.05) is 0 Å². The highest BCUT2D eigenvalue weighted by Crippen LogP contribution is 2.53. The quantitative estimate of drug-likeness (QED) is 0.133. The second-order valence-electron chi connectivity index (χ2n) is 9.31. The first-order chi connectivity index (χ1) is 13.1. The summed E-state index contributed by atoms with van der Waals surface area (Å²) in [6.07, 6.45) is 17.7. The Hall–Kier alpha value is 0.864. The highest BCUT2D eigenvalue weighted by Gasteiger charge is 2.41. The normalized spacial score (nSPS) is 12.7. The molecule has 0 aliphatic carbocycles. The lowest BCUT2D eigenvalue weighted by Crippen LogP contribution is -2.40. The second-order valence-corrected chi connectivity index (χ2v) is 27.0.